The third-order valence-corrected chi connectivity index (χ3v) is 3.50. The van der Waals surface area contributed by atoms with Crippen LogP contribution in [0.2, 0.25) is 0 Å². The Bertz CT molecular complexity index is 675. The van der Waals surface area contributed by atoms with Crippen LogP contribution in [0.5, 0.6) is 11.5 Å². The van der Waals surface area contributed by atoms with E-state index in [0.717, 1.165) is 5.75 Å². The summed E-state index contributed by atoms with van der Waals surface area (Å²) in [6.45, 7) is 7.91. The number of carbonyl (C=O) groups excluding carboxylic acids is 1. The first-order chi connectivity index (χ1) is 9.88. The van der Waals surface area contributed by atoms with Gasteiger partial charge in [0.2, 0.25) is 0 Å². The predicted octanol–water partition coefficient (Wildman–Crippen LogP) is 4.70. The summed E-state index contributed by atoms with van der Waals surface area (Å²) in [6, 6.07) is 11.2. The number of ether oxygens (including phenoxy) is 1. The summed E-state index contributed by atoms with van der Waals surface area (Å²) in [5.41, 5.74) is 9.26. The van der Waals surface area contributed by atoms with Gasteiger partial charge in [0.25, 0.3) is 0 Å². The van der Waals surface area contributed by atoms with E-state index in [4.69, 9.17) is 10.5 Å². The van der Waals surface area contributed by atoms with Gasteiger partial charge in [-0.1, -0.05) is 19.9 Å². The van der Waals surface area contributed by atoms with Gasteiger partial charge in [-0.05, 0) is 61.2 Å². The summed E-state index contributed by atoms with van der Waals surface area (Å²) in [5, 5.41) is 0. The van der Waals surface area contributed by atoms with Crippen LogP contribution in [0.4, 0.5) is 5.69 Å². The first kappa shape index (κ1) is 15.1. The molecule has 2 aromatic rings. The number of aryl methyl sites for hydroxylation is 1. The molecular weight excluding hydrogens is 262 g/mol. The third kappa shape index (κ3) is 3.43. The molecule has 3 heteroatoms. The predicted molar refractivity (Wildman–Crippen MR) is 86.2 cm³/mol. The SMILES string of the molecule is CC(=O)c1cc(Oc2ccc(C(C)C)c(C)c2)ccc1N. The number of nitrogen functional groups attached to an aromatic ring is 1. The molecule has 110 valence electrons. The van der Waals surface area contributed by atoms with Crippen molar-refractivity contribution in [1.29, 1.82) is 0 Å². The number of rotatable bonds is 4. The fourth-order valence-electron chi connectivity index (χ4n) is 2.40. The molecule has 2 N–H and O–H groups in total. The molecule has 0 unspecified atom stereocenters. The highest BCUT2D eigenvalue weighted by Crippen LogP contribution is 2.28. The number of hydrogen-bond donors (Lipinski definition) is 1. The van der Waals surface area contributed by atoms with Gasteiger partial charge in [-0.25, -0.2) is 0 Å². The van der Waals surface area contributed by atoms with Crippen LogP contribution in [0.25, 0.3) is 0 Å². The lowest BCUT2D eigenvalue weighted by atomic mass is 9.98. The normalized spacial score (nSPS) is 10.7. The molecule has 3 nitrogen and oxygen atoms in total. The van der Waals surface area contributed by atoms with Crippen molar-refractivity contribution in [3.05, 3.63) is 53.1 Å². The van der Waals surface area contributed by atoms with Crippen molar-refractivity contribution in [1.82, 2.24) is 0 Å². The van der Waals surface area contributed by atoms with Crippen LogP contribution in [-0.4, -0.2) is 5.78 Å². The number of benzene rings is 2. The number of carbonyl (C=O) groups is 1. The minimum absolute atomic E-state index is 0.0655. The second-order valence-electron chi connectivity index (χ2n) is 5.58. The molecule has 0 fully saturated rings. The van der Waals surface area contributed by atoms with Crippen molar-refractivity contribution in [2.75, 3.05) is 5.73 Å². The topological polar surface area (TPSA) is 52.3 Å². The molecule has 2 aromatic carbocycles. The van der Waals surface area contributed by atoms with E-state index in [2.05, 4.69) is 26.8 Å². The van der Waals surface area contributed by atoms with Crippen molar-refractivity contribution < 1.29 is 9.53 Å². The summed E-state index contributed by atoms with van der Waals surface area (Å²) >= 11 is 0. The number of ketones is 1. The molecule has 0 heterocycles. The minimum atomic E-state index is -0.0655. The van der Waals surface area contributed by atoms with Crippen LogP contribution in [-0.2, 0) is 0 Å². The molecule has 0 amide bonds. The average Bonchev–Trinajstić information content (AvgIpc) is 2.40. The van der Waals surface area contributed by atoms with Crippen LogP contribution in [0.3, 0.4) is 0 Å². The number of anilines is 1. The second-order valence-corrected chi connectivity index (χ2v) is 5.58. The van der Waals surface area contributed by atoms with Gasteiger partial charge < -0.3 is 10.5 Å². The fourth-order valence-corrected chi connectivity index (χ4v) is 2.40. The fraction of sp³-hybridized carbons (Fsp3) is 0.278. The summed E-state index contributed by atoms with van der Waals surface area (Å²) < 4.78 is 5.83. The maximum absolute atomic E-state index is 11.5. The van der Waals surface area contributed by atoms with Gasteiger partial charge in [0.1, 0.15) is 11.5 Å². The molecule has 0 spiro atoms. The first-order valence-electron chi connectivity index (χ1n) is 7.07. The first-order valence-corrected chi connectivity index (χ1v) is 7.07. The van der Waals surface area contributed by atoms with E-state index in [0.29, 0.717) is 22.9 Å². The van der Waals surface area contributed by atoms with E-state index in [-0.39, 0.29) is 5.78 Å². The Morgan fingerprint density at radius 2 is 1.71 bits per heavy atom. The van der Waals surface area contributed by atoms with Crippen molar-refractivity contribution in [3.63, 3.8) is 0 Å². The van der Waals surface area contributed by atoms with Crippen molar-refractivity contribution in [3.8, 4) is 11.5 Å². The summed E-state index contributed by atoms with van der Waals surface area (Å²) in [6.07, 6.45) is 0. The molecule has 0 aliphatic rings. The Balaban J connectivity index is 2.28. The van der Waals surface area contributed by atoms with Crippen molar-refractivity contribution in [2.24, 2.45) is 0 Å². The lowest BCUT2D eigenvalue weighted by Crippen LogP contribution is -2.00. The summed E-state index contributed by atoms with van der Waals surface area (Å²) in [4.78, 5) is 11.5. The van der Waals surface area contributed by atoms with E-state index in [1.807, 2.05) is 12.1 Å². The molecule has 21 heavy (non-hydrogen) atoms. The Morgan fingerprint density at radius 3 is 2.29 bits per heavy atom. The Morgan fingerprint density at radius 1 is 1.10 bits per heavy atom. The smallest absolute Gasteiger partial charge is 0.162 e. The monoisotopic (exact) mass is 283 g/mol. The quantitative estimate of drug-likeness (QED) is 0.654. The van der Waals surface area contributed by atoms with E-state index < -0.39 is 0 Å². The standard InChI is InChI=1S/C18H21NO2/c1-11(2)16-7-5-14(9-12(16)3)21-15-6-8-18(19)17(10-15)13(4)20/h5-11H,19H2,1-4H3. The zero-order valence-electron chi connectivity index (χ0n) is 12.9. The number of Topliss-reactive ketones (excluding diaryl/α,β-unsaturated/α-hetero) is 1. The van der Waals surface area contributed by atoms with Gasteiger partial charge in [0.15, 0.2) is 5.78 Å². The maximum Gasteiger partial charge on any atom is 0.162 e. The van der Waals surface area contributed by atoms with E-state index in [1.54, 1.807) is 18.2 Å². The number of nitrogens with two attached hydrogens (primary N) is 1. The zero-order chi connectivity index (χ0) is 15.6. The number of hydrogen-bond acceptors (Lipinski definition) is 3. The zero-order valence-corrected chi connectivity index (χ0v) is 12.9. The van der Waals surface area contributed by atoms with E-state index in [9.17, 15) is 4.79 Å². The summed E-state index contributed by atoms with van der Waals surface area (Å²) in [5.74, 6) is 1.80. The molecule has 0 aromatic heterocycles. The Hall–Kier alpha value is -2.29. The van der Waals surface area contributed by atoms with Crippen molar-refractivity contribution in [2.45, 2.75) is 33.6 Å². The largest absolute Gasteiger partial charge is 0.457 e. The highest BCUT2D eigenvalue weighted by Gasteiger charge is 2.09. The highest BCUT2D eigenvalue weighted by molar-refractivity contribution is 5.99. The van der Waals surface area contributed by atoms with Gasteiger partial charge in [-0.3, -0.25) is 4.79 Å². The molecule has 0 saturated carbocycles. The van der Waals surface area contributed by atoms with Gasteiger partial charge in [-0.2, -0.15) is 0 Å². The van der Waals surface area contributed by atoms with Crippen LogP contribution in [0.1, 0.15) is 48.2 Å². The molecule has 0 radical (unpaired) electrons. The van der Waals surface area contributed by atoms with Crippen LogP contribution >= 0.6 is 0 Å². The summed E-state index contributed by atoms with van der Waals surface area (Å²) in [7, 11) is 0. The van der Waals surface area contributed by atoms with Crippen molar-refractivity contribution >= 4 is 11.5 Å². The van der Waals surface area contributed by atoms with Gasteiger partial charge in [-0.15, -0.1) is 0 Å². The van der Waals surface area contributed by atoms with E-state index in [1.165, 1.54) is 18.1 Å². The molecule has 0 atom stereocenters. The maximum atomic E-state index is 11.5. The molecule has 0 saturated heterocycles. The van der Waals surface area contributed by atoms with Gasteiger partial charge >= 0.3 is 0 Å². The second kappa shape index (κ2) is 6.00. The van der Waals surface area contributed by atoms with Gasteiger partial charge in [0.05, 0.1) is 0 Å². The Labute approximate surface area is 125 Å². The molecule has 0 bridgehead atoms. The molecule has 0 aliphatic carbocycles. The van der Waals surface area contributed by atoms with Crippen LogP contribution in [0, 0.1) is 6.92 Å². The van der Waals surface area contributed by atoms with Crippen LogP contribution in [0.15, 0.2) is 36.4 Å². The third-order valence-electron chi connectivity index (χ3n) is 3.50. The van der Waals surface area contributed by atoms with E-state index >= 15 is 0 Å². The highest BCUT2D eigenvalue weighted by atomic mass is 16.5. The van der Waals surface area contributed by atoms with Crippen LogP contribution < -0.4 is 10.5 Å². The Kier molecular flexibility index (Phi) is 4.32. The molecular formula is C18H21NO2. The average molecular weight is 283 g/mol. The molecule has 2 rings (SSSR count). The lowest BCUT2D eigenvalue weighted by molar-refractivity contribution is 0.101. The molecule has 0 aliphatic heterocycles. The minimum Gasteiger partial charge on any atom is -0.457 e. The van der Waals surface area contributed by atoms with Gasteiger partial charge in [0, 0.05) is 11.3 Å². The lowest BCUT2D eigenvalue weighted by Gasteiger charge is -2.13.